The van der Waals surface area contributed by atoms with Crippen molar-refractivity contribution in [2.75, 3.05) is 14.2 Å². The second-order valence-corrected chi connectivity index (χ2v) is 7.47. The number of aryl methyl sites for hydroxylation is 2. The van der Waals surface area contributed by atoms with Gasteiger partial charge in [0.25, 0.3) is 5.91 Å². The van der Waals surface area contributed by atoms with E-state index in [4.69, 9.17) is 9.47 Å². The van der Waals surface area contributed by atoms with Gasteiger partial charge in [-0.1, -0.05) is 12.1 Å². The number of nitrogens with one attached hydrogen (secondary N) is 1. The molecule has 1 heterocycles. The van der Waals surface area contributed by atoms with Crippen molar-refractivity contribution in [2.45, 2.75) is 13.8 Å². The van der Waals surface area contributed by atoms with Crippen LogP contribution in [0.2, 0.25) is 0 Å². The van der Waals surface area contributed by atoms with Crippen LogP contribution in [-0.2, 0) is 0 Å². The van der Waals surface area contributed by atoms with Gasteiger partial charge in [-0.25, -0.2) is 5.43 Å². The van der Waals surface area contributed by atoms with Crippen molar-refractivity contribution >= 4 is 22.9 Å². The fraction of sp³-hybridized carbons (Fsp3) is 0.154. The van der Waals surface area contributed by atoms with E-state index in [1.54, 1.807) is 32.6 Å². The van der Waals surface area contributed by atoms with Crippen molar-refractivity contribution < 1.29 is 14.3 Å². The van der Waals surface area contributed by atoms with Crippen LogP contribution in [0, 0.1) is 13.8 Å². The molecule has 0 aliphatic heterocycles. The molecule has 0 radical (unpaired) electrons. The van der Waals surface area contributed by atoms with E-state index >= 15 is 0 Å². The number of aromatic nitrogens is 1. The minimum absolute atomic E-state index is 0.287. The van der Waals surface area contributed by atoms with Gasteiger partial charge < -0.3 is 14.0 Å². The lowest BCUT2D eigenvalue weighted by Gasteiger charge is -2.10. The standard InChI is InChI=1S/C26H25N3O3/c1-17-5-6-18(2)29(17)21-11-7-20(8-12-21)26(30)28-27-16-24-23-15-22(31-3)13-9-19(23)10-14-25(24)32-4/h5-16H,1-4H3,(H,28,30)/b27-16-. The lowest BCUT2D eigenvalue weighted by atomic mass is 10.0. The Morgan fingerprint density at radius 2 is 1.59 bits per heavy atom. The van der Waals surface area contributed by atoms with E-state index < -0.39 is 0 Å². The first-order chi connectivity index (χ1) is 15.5. The summed E-state index contributed by atoms with van der Waals surface area (Å²) >= 11 is 0. The summed E-state index contributed by atoms with van der Waals surface area (Å²) in [5.41, 5.74) is 7.20. The molecule has 4 rings (SSSR count). The van der Waals surface area contributed by atoms with E-state index in [2.05, 4.69) is 41.1 Å². The Morgan fingerprint density at radius 1 is 0.906 bits per heavy atom. The van der Waals surface area contributed by atoms with Crippen molar-refractivity contribution in [3.05, 3.63) is 89.2 Å². The maximum absolute atomic E-state index is 12.6. The average molecular weight is 428 g/mol. The maximum Gasteiger partial charge on any atom is 0.271 e. The molecule has 3 aromatic carbocycles. The highest BCUT2D eigenvalue weighted by atomic mass is 16.5. The second kappa shape index (κ2) is 8.98. The molecule has 0 saturated heterocycles. The molecule has 0 atom stereocenters. The van der Waals surface area contributed by atoms with Gasteiger partial charge in [-0.05, 0) is 79.2 Å². The number of benzene rings is 3. The molecule has 4 aromatic rings. The summed E-state index contributed by atoms with van der Waals surface area (Å²) in [6, 6.07) is 21.2. The zero-order chi connectivity index (χ0) is 22.7. The molecule has 0 fully saturated rings. The quantitative estimate of drug-likeness (QED) is 0.347. The van der Waals surface area contributed by atoms with Gasteiger partial charge >= 0.3 is 0 Å². The van der Waals surface area contributed by atoms with Gasteiger partial charge in [0.2, 0.25) is 0 Å². The van der Waals surface area contributed by atoms with Crippen molar-refractivity contribution in [1.82, 2.24) is 9.99 Å². The van der Waals surface area contributed by atoms with Gasteiger partial charge in [0.1, 0.15) is 11.5 Å². The van der Waals surface area contributed by atoms with Gasteiger partial charge in [0, 0.05) is 28.2 Å². The van der Waals surface area contributed by atoms with Crippen molar-refractivity contribution in [1.29, 1.82) is 0 Å². The van der Waals surface area contributed by atoms with E-state index in [9.17, 15) is 4.79 Å². The number of nitrogens with zero attached hydrogens (tertiary/aromatic N) is 2. The van der Waals surface area contributed by atoms with Crippen molar-refractivity contribution in [3.63, 3.8) is 0 Å². The minimum atomic E-state index is -0.287. The zero-order valence-corrected chi connectivity index (χ0v) is 18.5. The normalized spacial score (nSPS) is 11.1. The Hall–Kier alpha value is -4.06. The van der Waals surface area contributed by atoms with Crippen LogP contribution < -0.4 is 14.9 Å². The van der Waals surface area contributed by atoms with Crippen LogP contribution in [0.5, 0.6) is 11.5 Å². The molecule has 1 amide bonds. The Balaban J connectivity index is 1.55. The third-order valence-electron chi connectivity index (χ3n) is 5.47. The van der Waals surface area contributed by atoms with Crippen LogP contribution >= 0.6 is 0 Å². The van der Waals surface area contributed by atoms with Crippen LogP contribution in [0.25, 0.3) is 16.5 Å². The lowest BCUT2D eigenvalue weighted by Crippen LogP contribution is -2.17. The fourth-order valence-corrected chi connectivity index (χ4v) is 3.80. The number of hydrogen-bond acceptors (Lipinski definition) is 4. The van der Waals surface area contributed by atoms with E-state index in [-0.39, 0.29) is 5.91 Å². The third kappa shape index (κ3) is 4.07. The summed E-state index contributed by atoms with van der Waals surface area (Å²) in [5, 5.41) is 6.12. The average Bonchev–Trinajstić information content (AvgIpc) is 3.16. The highest BCUT2D eigenvalue weighted by Crippen LogP contribution is 2.29. The molecule has 0 spiro atoms. The Morgan fingerprint density at radius 3 is 2.25 bits per heavy atom. The number of methoxy groups -OCH3 is 2. The largest absolute Gasteiger partial charge is 0.497 e. The summed E-state index contributed by atoms with van der Waals surface area (Å²) < 4.78 is 13.0. The first-order valence-electron chi connectivity index (χ1n) is 10.3. The highest BCUT2D eigenvalue weighted by molar-refractivity contribution is 6.03. The Bertz CT molecular complexity index is 1280. The molecule has 0 aliphatic rings. The van der Waals surface area contributed by atoms with Crippen LogP contribution in [0.15, 0.2) is 71.8 Å². The molecule has 6 heteroatoms. The molecule has 0 saturated carbocycles. The van der Waals surface area contributed by atoms with E-state index in [0.29, 0.717) is 11.3 Å². The summed E-state index contributed by atoms with van der Waals surface area (Å²) in [7, 11) is 3.23. The van der Waals surface area contributed by atoms with E-state index in [1.165, 1.54) is 0 Å². The number of carbonyl (C=O) groups is 1. The Kier molecular flexibility index (Phi) is 5.94. The van der Waals surface area contributed by atoms with E-state index in [0.717, 1.165) is 39.2 Å². The summed E-state index contributed by atoms with van der Waals surface area (Å²) in [5.74, 6) is 1.11. The fourth-order valence-electron chi connectivity index (χ4n) is 3.80. The SMILES string of the molecule is COc1ccc2ccc(OC)c(/C=N\NC(=O)c3ccc(-n4c(C)ccc4C)cc3)c2c1. The van der Waals surface area contributed by atoms with Crippen molar-refractivity contribution in [3.8, 4) is 17.2 Å². The summed E-state index contributed by atoms with van der Waals surface area (Å²) in [6.45, 7) is 4.11. The molecule has 162 valence electrons. The summed E-state index contributed by atoms with van der Waals surface area (Å²) in [6.07, 6.45) is 1.60. The smallest absolute Gasteiger partial charge is 0.271 e. The monoisotopic (exact) mass is 427 g/mol. The number of carbonyl (C=O) groups excluding carboxylic acids is 1. The number of ether oxygens (including phenoxy) is 2. The predicted octanol–water partition coefficient (Wildman–Crippen LogP) is 5.03. The molecule has 32 heavy (non-hydrogen) atoms. The first kappa shape index (κ1) is 21.2. The first-order valence-corrected chi connectivity index (χ1v) is 10.3. The van der Waals surface area contributed by atoms with Gasteiger partial charge in [0.15, 0.2) is 0 Å². The van der Waals surface area contributed by atoms with Crippen LogP contribution in [0.1, 0.15) is 27.3 Å². The highest BCUT2D eigenvalue weighted by Gasteiger charge is 2.10. The molecule has 0 unspecified atom stereocenters. The van der Waals surface area contributed by atoms with Crippen molar-refractivity contribution in [2.24, 2.45) is 5.10 Å². The van der Waals surface area contributed by atoms with Crippen LogP contribution in [-0.4, -0.2) is 30.9 Å². The number of hydrazone groups is 1. The molecule has 0 bridgehead atoms. The molecular weight excluding hydrogens is 402 g/mol. The molecule has 1 aromatic heterocycles. The Labute approximate surface area is 187 Å². The van der Waals surface area contributed by atoms with Gasteiger partial charge in [-0.3, -0.25) is 4.79 Å². The third-order valence-corrected chi connectivity index (χ3v) is 5.47. The number of rotatable bonds is 6. The second-order valence-electron chi connectivity index (χ2n) is 7.47. The van der Waals surface area contributed by atoms with Gasteiger partial charge in [-0.2, -0.15) is 5.10 Å². The number of hydrogen-bond donors (Lipinski definition) is 1. The molecular formula is C26H25N3O3. The lowest BCUT2D eigenvalue weighted by molar-refractivity contribution is 0.0955. The maximum atomic E-state index is 12.6. The van der Waals surface area contributed by atoms with Gasteiger partial charge in [-0.15, -0.1) is 0 Å². The number of fused-ring (bicyclic) bond motifs is 1. The van der Waals surface area contributed by atoms with Gasteiger partial charge in [0.05, 0.1) is 20.4 Å². The zero-order valence-electron chi connectivity index (χ0n) is 18.5. The summed E-state index contributed by atoms with van der Waals surface area (Å²) in [4.78, 5) is 12.6. The predicted molar refractivity (Wildman–Crippen MR) is 127 cm³/mol. The van der Waals surface area contributed by atoms with Crippen LogP contribution in [0.3, 0.4) is 0 Å². The minimum Gasteiger partial charge on any atom is -0.497 e. The number of amides is 1. The molecule has 1 N–H and O–H groups in total. The van der Waals surface area contributed by atoms with Crippen LogP contribution in [0.4, 0.5) is 0 Å². The topological polar surface area (TPSA) is 64.8 Å². The molecule has 6 nitrogen and oxygen atoms in total. The molecule has 0 aliphatic carbocycles. The van der Waals surface area contributed by atoms with E-state index in [1.807, 2.05) is 42.5 Å².